The van der Waals surface area contributed by atoms with Crippen molar-refractivity contribution >= 4 is 35.5 Å². The first-order valence-electron chi connectivity index (χ1n) is 18.1. The van der Waals surface area contributed by atoms with Gasteiger partial charge >= 0.3 is 0 Å². The van der Waals surface area contributed by atoms with E-state index in [1.807, 2.05) is 17.0 Å². The average molecular weight is 724 g/mol. The highest BCUT2D eigenvalue weighted by Gasteiger charge is 2.31. The summed E-state index contributed by atoms with van der Waals surface area (Å²) >= 11 is 0. The molecule has 0 radical (unpaired) electrons. The van der Waals surface area contributed by atoms with Gasteiger partial charge in [0.15, 0.2) is 0 Å². The van der Waals surface area contributed by atoms with Crippen molar-refractivity contribution < 1.29 is 28.7 Å². The molecule has 0 bridgehead atoms. The Kier molecular flexibility index (Phi) is 10.3. The second kappa shape index (κ2) is 15.2. The third kappa shape index (κ3) is 7.41. The van der Waals surface area contributed by atoms with Crippen molar-refractivity contribution in [3.8, 4) is 22.6 Å². The van der Waals surface area contributed by atoms with Crippen LogP contribution in [-0.2, 0) is 28.0 Å². The zero-order chi connectivity index (χ0) is 37.2. The summed E-state index contributed by atoms with van der Waals surface area (Å²) in [6.45, 7) is 4.07. The van der Waals surface area contributed by atoms with E-state index >= 15 is 0 Å². The maximum Gasteiger partial charge on any atom is 0.261 e. The number of aryl methyl sites for hydroxylation is 1. The number of aliphatic imine (C=N–C) groups is 1. The lowest BCUT2D eigenvalue weighted by molar-refractivity contribution is -0.134. The minimum Gasteiger partial charge on any atom is -0.496 e. The van der Waals surface area contributed by atoms with Gasteiger partial charge in [0.2, 0.25) is 17.7 Å². The van der Waals surface area contributed by atoms with Crippen molar-refractivity contribution in [1.29, 1.82) is 0 Å². The van der Waals surface area contributed by atoms with E-state index in [4.69, 9.17) is 9.47 Å². The average Bonchev–Trinajstić information content (AvgIpc) is 3.68. The second-order valence-corrected chi connectivity index (χ2v) is 14.1. The van der Waals surface area contributed by atoms with E-state index < -0.39 is 6.04 Å². The number of amides is 4. The molecular formula is C39H45N7O7. The van der Waals surface area contributed by atoms with Crippen molar-refractivity contribution in [2.24, 2.45) is 12.0 Å². The number of nitrogens with zero attached hydrogens (tertiary/aromatic N) is 5. The third-order valence-electron chi connectivity index (χ3n) is 10.8. The number of methoxy groups -OCH3 is 2. The maximum absolute atomic E-state index is 13.9. The number of carbonyl (C=O) groups is 4. The molecule has 2 N–H and O–H groups in total. The molecule has 278 valence electrons. The van der Waals surface area contributed by atoms with Gasteiger partial charge in [-0.2, -0.15) is 0 Å². The molecule has 14 nitrogen and oxygen atoms in total. The SMILES string of the molecule is COc1cc(-c2cn(C)c(=O)c3c2C=NC3)cc(OC)c1C(=O)N1CCN(CC(=O)N2CCC(c3ccc(NC4CCC(=O)NC4=O)cc3)CC2)CC1. The Hall–Kier alpha value is -5.50. The van der Waals surface area contributed by atoms with Gasteiger partial charge in [0.1, 0.15) is 23.1 Å². The number of nitrogens with one attached hydrogen (secondary N) is 2. The fourth-order valence-corrected chi connectivity index (χ4v) is 7.75. The Balaban J connectivity index is 0.917. The van der Waals surface area contributed by atoms with Gasteiger partial charge in [-0.15, -0.1) is 0 Å². The summed E-state index contributed by atoms with van der Waals surface area (Å²) in [6.07, 6.45) is 6.02. The van der Waals surface area contributed by atoms with Crippen LogP contribution in [0.25, 0.3) is 11.1 Å². The number of aromatic nitrogens is 1. The number of ether oxygens (including phenoxy) is 2. The lowest BCUT2D eigenvalue weighted by Gasteiger charge is -2.37. The highest BCUT2D eigenvalue weighted by molar-refractivity contribution is 6.02. The number of hydrogen-bond acceptors (Lipinski definition) is 10. The number of anilines is 1. The molecule has 0 spiro atoms. The van der Waals surface area contributed by atoms with Gasteiger partial charge in [-0.3, -0.25) is 39.2 Å². The summed E-state index contributed by atoms with van der Waals surface area (Å²) in [4.78, 5) is 73.6. The van der Waals surface area contributed by atoms with Crippen LogP contribution < -0.4 is 25.7 Å². The summed E-state index contributed by atoms with van der Waals surface area (Å²) in [5.74, 6) is 0.470. The van der Waals surface area contributed by atoms with Gasteiger partial charge in [-0.25, -0.2) is 0 Å². The standard InChI is InChI=1S/C39H45N7O7/c1-43-22-30(28-20-40-21-29(28)38(43)50)26-18-32(52-2)36(33(19-26)53-3)39(51)46-16-14-44(15-17-46)23-35(48)45-12-10-25(11-13-45)24-4-6-27(7-5-24)41-31-8-9-34(47)42-37(31)49/h4-7,18-20,22,25,31,41H,8-17,21,23H2,1-3H3,(H,42,47,49). The fourth-order valence-electron chi connectivity index (χ4n) is 7.75. The monoisotopic (exact) mass is 723 g/mol. The van der Waals surface area contributed by atoms with Crippen LogP contribution in [0.4, 0.5) is 5.69 Å². The van der Waals surface area contributed by atoms with Crippen molar-refractivity contribution in [2.45, 2.75) is 44.2 Å². The zero-order valence-corrected chi connectivity index (χ0v) is 30.4. The predicted octanol–water partition coefficient (Wildman–Crippen LogP) is 2.38. The number of hydrogen-bond donors (Lipinski definition) is 2. The van der Waals surface area contributed by atoms with Crippen LogP contribution in [0.1, 0.15) is 58.6 Å². The number of piperazine rings is 1. The van der Waals surface area contributed by atoms with Crippen LogP contribution in [0.5, 0.6) is 11.5 Å². The Morgan fingerprint density at radius 3 is 2.23 bits per heavy atom. The molecule has 4 amide bonds. The summed E-state index contributed by atoms with van der Waals surface area (Å²) in [5.41, 5.74) is 5.25. The van der Waals surface area contributed by atoms with E-state index in [0.29, 0.717) is 93.7 Å². The molecule has 1 unspecified atom stereocenters. The van der Waals surface area contributed by atoms with Crippen LogP contribution in [0, 0.1) is 0 Å². The number of carbonyl (C=O) groups excluding carboxylic acids is 4. The van der Waals surface area contributed by atoms with Gasteiger partial charge in [0.25, 0.3) is 11.5 Å². The quantitative estimate of drug-likeness (QED) is 0.317. The lowest BCUT2D eigenvalue weighted by atomic mass is 9.89. The van der Waals surface area contributed by atoms with Gasteiger partial charge in [0.05, 0.1) is 27.3 Å². The van der Waals surface area contributed by atoms with Crippen LogP contribution in [0.2, 0.25) is 0 Å². The minimum absolute atomic E-state index is 0.0836. The number of imide groups is 1. The molecule has 3 fully saturated rings. The molecule has 1 aromatic heterocycles. The summed E-state index contributed by atoms with van der Waals surface area (Å²) in [6, 6.07) is 11.3. The molecule has 7 rings (SSSR count). The Morgan fingerprint density at radius 1 is 0.906 bits per heavy atom. The molecule has 0 aliphatic carbocycles. The number of fused-ring (bicyclic) bond motifs is 1. The van der Waals surface area contributed by atoms with Crippen LogP contribution in [0.15, 0.2) is 52.4 Å². The minimum atomic E-state index is -0.418. The van der Waals surface area contributed by atoms with Crippen molar-refractivity contribution in [1.82, 2.24) is 24.6 Å². The highest BCUT2D eigenvalue weighted by atomic mass is 16.5. The second-order valence-electron chi connectivity index (χ2n) is 14.1. The van der Waals surface area contributed by atoms with Crippen molar-refractivity contribution in [3.05, 3.63) is 75.2 Å². The highest BCUT2D eigenvalue weighted by Crippen LogP contribution is 2.38. The third-order valence-corrected chi connectivity index (χ3v) is 10.8. The molecule has 4 aliphatic rings. The van der Waals surface area contributed by atoms with E-state index in [2.05, 4.69) is 32.7 Å². The maximum atomic E-state index is 13.9. The van der Waals surface area contributed by atoms with Gasteiger partial charge in [0, 0.05) is 87.5 Å². The Bertz CT molecular complexity index is 1980. The number of rotatable bonds is 9. The van der Waals surface area contributed by atoms with E-state index in [9.17, 15) is 24.0 Å². The first-order valence-corrected chi connectivity index (χ1v) is 18.1. The molecule has 53 heavy (non-hydrogen) atoms. The lowest BCUT2D eigenvalue weighted by Crippen LogP contribution is -2.52. The van der Waals surface area contributed by atoms with Gasteiger partial charge in [-0.1, -0.05) is 12.1 Å². The summed E-state index contributed by atoms with van der Waals surface area (Å²) in [7, 11) is 4.75. The molecule has 3 saturated heterocycles. The normalized spacial score (nSPS) is 19.2. The van der Waals surface area contributed by atoms with E-state index in [-0.39, 0.29) is 29.2 Å². The van der Waals surface area contributed by atoms with E-state index in [1.165, 1.54) is 19.8 Å². The Morgan fingerprint density at radius 2 is 1.58 bits per heavy atom. The van der Waals surface area contributed by atoms with Crippen LogP contribution in [-0.4, -0.2) is 115 Å². The molecule has 2 aromatic carbocycles. The molecule has 1 atom stereocenters. The van der Waals surface area contributed by atoms with Crippen LogP contribution in [0.3, 0.4) is 0 Å². The number of benzene rings is 2. The van der Waals surface area contributed by atoms with Crippen molar-refractivity contribution in [3.63, 3.8) is 0 Å². The van der Waals surface area contributed by atoms with E-state index in [0.717, 1.165) is 35.2 Å². The van der Waals surface area contributed by atoms with Gasteiger partial charge < -0.3 is 29.2 Å². The smallest absolute Gasteiger partial charge is 0.261 e. The Labute approximate surface area is 307 Å². The fraction of sp³-hybridized carbons (Fsp3) is 0.436. The number of likely N-dealkylation sites (tertiary alicyclic amines) is 1. The molecule has 3 aromatic rings. The molecule has 0 saturated carbocycles. The summed E-state index contributed by atoms with van der Waals surface area (Å²) in [5, 5.41) is 5.60. The molecule has 5 heterocycles. The number of piperidine rings is 2. The first-order chi connectivity index (χ1) is 25.6. The molecule has 14 heteroatoms. The zero-order valence-electron chi connectivity index (χ0n) is 30.4. The topological polar surface area (TPSA) is 155 Å². The summed E-state index contributed by atoms with van der Waals surface area (Å²) < 4.78 is 13.0. The number of pyridine rings is 1. The van der Waals surface area contributed by atoms with Crippen molar-refractivity contribution in [2.75, 3.05) is 65.3 Å². The molecular weight excluding hydrogens is 678 g/mol. The molecule has 4 aliphatic heterocycles. The largest absolute Gasteiger partial charge is 0.496 e. The van der Waals surface area contributed by atoms with Crippen LogP contribution >= 0.6 is 0 Å². The van der Waals surface area contributed by atoms with E-state index in [1.54, 1.807) is 41.1 Å². The van der Waals surface area contributed by atoms with Gasteiger partial charge in [-0.05, 0) is 60.6 Å². The first kappa shape index (κ1) is 35.9. The predicted molar refractivity (Wildman–Crippen MR) is 199 cm³/mol.